The number of benzene rings is 2. The van der Waals surface area contributed by atoms with Gasteiger partial charge in [0.15, 0.2) is 0 Å². The minimum atomic E-state index is -0.437. The SMILES string of the molecule is N#Cc1cc(F)cc(Nc2cccc3cnccc23)c1. The maximum atomic E-state index is 13.4. The third-order valence-electron chi connectivity index (χ3n) is 2.99. The van der Waals surface area contributed by atoms with Crippen molar-refractivity contribution in [1.29, 1.82) is 5.26 Å². The number of hydrogen-bond donors (Lipinski definition) is 1. The Labute approximate surface area is 115 Å². The van der Waals surface area contributed by atoms with E-state index in [1.54, 1.807) is 18.5 Å². The van der Waals surface area contributed by atoms with Crippen molar-refractivity contribution in [3.63, 3.8) is 0 Å². The summed E-state index contributed by atoms with van der Waals surface area (Å²) >= 11 is 0. The summed E-state index contributed by atoms with van der Waals surface area (Å²) in [6.07, 6.45) is 3.48. The van der Waals surface area contributed by atoms with Gasteiger partial charge in [0.2, 0.25) is 0 Å². The number of anilines is 2. The van der Waals surface area contributed by atoms with E-state index in [2.05, 4.69) is 10.3 Å². The maximum Gasteiger partial charge on any atom is 0.126 e. The molecule has 1 aromatic heterocycles. The van der Waals surface area contributed by atoms with Gasteiger partial charge in [0, 0.05) is 34.5 Å². The molecule has 0 unspecified atom stereocenters. The standard InChI is InChI=1S/C16H10FN3/c17-13-6-11(9-18)7-14(8-13)20-16-3-1-2-12-10-19-5-4-15(12)16/h1-8,10,20H. The van der Waals surface area contributed by atoms with Crippen LogP contribution in [0, 0.1) is 17.1 Å². The molecule has 1 N–H and O–H groups in total. The molecule has 0 saturated carbocycles. The smallest absolute Gasteiger partial charge is 0.126 e. The molecule has 0 fully saturated rings. The molecular weight excluding hydrogens is 253 g/mol. The Morgan fingerprint density at radius 2 is 2.05 bits per heavy atom. The van der Waals surface area contributed by atoms with Crippen LogP contribution in [-0.4, -0.2) is 4.98 Å². The molecule has 96 valence electrons. The minimum absolute atomic E-state index is 0.286. The zero-order valence-electron chi connectivity index (χ0n) is 10.5. The zero-order chi connectivity index (χ0) is 13.9. The summed E-state index contributed by atoms with van der Waals surface area (Å²) in [6.45, 7) is 0. The molecule has 0 bridgehead atoms. The molecule has 0 aliphatic rings. The van der Waals surface area contributed by atoms with Crippen LogP contribution in [0.5, 0.6) is 0 Å². The first-order valence-electron chi connectivity index (χ1n) is 6.07. The van der Waals surface area contributed by atoms with E-state index in [9.17, 15) is 4.39 Å². The number of fused-ring (bicyclic) bond motifs is 1. The first-order valence-corrected chi connectivity index (χ1v) is 6.07. The Morgan fingerprint density at radius 1 is 1.15 bits per heavy atom. The van der Waals surface area contributed by atoms with Crippen LogP contribution in [0.25, 0.3) is 10.8 Å². The molecule has 0 amide bonds. The molecular formula is C16H10FN3. The summed E-state index contributed by atoms with van der Waals surface area (Å²) in [5, 5.41) is 14.0. The molecule has 20 heavy (non-hydrogen) atoms. The van der Waals surface area contributed by atoms with Crippen LogP contribution in [-0.2, 0) is 0 Å². The van der Waals surface area contributed by atoms with Gasteiger partial charge in [-0.2, -0.15) is 5.26 Å². The van der Waals surface area contributed by atoms with E-state index in [1.165, 1.54) is 12.1 Å². The number of hydrogen-bond acceptors (Lipinski definition) is 3. The van der Waals surface area contributed by atoms with Crippen molar-refractivity contribution in [2.75, 3.05) is 5.32 Å². The topological polar surface area (TPSA) is 48.7 Å². The first-order chi connectivity index (χ1) is 9.76. The number of nitrogens with zero attached hydrogens (tertiary/aromatic N) is 2. The van der Waals surface area contributed by atoms with E-state index in [0.29, 0.717) is 5.69 Å². The second-order valence-corrected chi connectivity index (χ2v) is 4.37. The predicted octanol–water partition coefficient (Wildman–Crippen LogP) is 3.99. The van der Waals surface area contributed by atoms with Crippen molar-refractivity contribution in [1.82, 2.24) is 4.98 Å². The molecule has 0 aliphatic heterocycles. The van der Waals surface area contributed by atoms with Crippen molar-refractivity contribution in [2.24, 2.45) is 0 Å². The van der Waals surface area contributed by atoms with E-state index in [4.69, 9.17) is 5.26 Å². The van der Waals surface area contributed by atoms with Crippen LogP contribution in [0.15, 0.2) is 54.9 Å². The van der Waals surface area contributed by atoms with E-state index in [-0.39, 0.29) is 5.56 Å². The van der Waals surface area contributed by atoms with Gasteiger partial charge in [0.05, 0.1) is 11.6 Å². The quantitative estimate of drug-likeness (QED) is 0.760. The second-order valence-electron chi connectivity index (χ2n) is 4.37. The van der Waals surface area contributed by atoms with Gasteiger partial charge in [0.1, 0.15) is 5.82 Å². The van der Waals surface area contributed by atoms with Crippen LogP contribution in [0.4, 0.5) is 15.8 Å². The van der Waals surface area contributed by atoms with Crippen molar-refractivity contribution in [2.45, 2.75) is 0 Å². The van der Waals surface area contributed by atoms with E-state index < -0.39 is 5.82 Å². The molecule has 0 radical (unpaired) electrons. The lowest BCUT2D eigenvalue weighted by molar-refractivity contribution is 0.628. The Hall–Kier alpha value is -2.93. The highest BCUT2D eigenvalue weighted by Crippen LogP contribution is 2.26. The Balaban J connectivity index is 2.06. The number of pyridine rings is 1. The highest BCUT2D eigenvalue weighted by Gasteiger charge is 2.04. The van der Waals surface area contributed by atoms with Gasteiger partial charge in [-0.3, -0.25) is 4.98 Å². The molecule has 3 aromatic rings. The number of nitriles is 1. The fourth-order valence-electron chi connectivity index (χ4n) is 2.11. The maximum absolute atomic E-state index is 13.4. The van der Waals surface area contributed by atoms with Crippen LogP contribution >= 0.6 is 0 Å². The monoisotopic (exact) mass is 263 g/mol. The fourth-order valence-corrected chi connectivity index (χ4v) is 2.11. The molecule has 2 aromatic carbocycles. The van der Waals surface area contributed by atoms with E-state index >= 15 is 0 Å². The molecule has 0 spiro atoms. The summed E-state index contributed by atoms with van der Waals surface area (Å²) in [7, 11) is 0. The molecule has 0 saturated heterocycles. The zero-order valence-corrected chi connectivity index (χ0v) is 10.5. The summed E-state index contributed by atoms with van der Waals surface area (Å²) in [5.74, 6) is -0.437. The lowest BCUT2D eigenvalue weighted by atomic mass is 10.1. The molecule has 3 rings (SSSR count). The Bertz CT molecular complexity index is 816. The van der Waals surface area contributed by atoms with E-state index in [1.807, 2.05) is 30.3 Å². The number of nitrogens with one attached hydrogen (secondary N) is 1. The predicted molar refractivity (Wildman–Crippen MR) is 76.1 cm³/mol. The first kappa shape index (κ1) is 12.1. The number of aromatic nitrogens is 1. The number of halogens is 1. The summed E-state index contributed by atoms with van der Waals surface area (Å²) < 4.78 is 13.4. The number of rotatable bonds is 2. The fraction of sp³-hybridized carbons (Fsp3) is 0. The normalized spacial score (nSPS) is 10.2. The molecule has 0 atom stereocenters. The summed E-state index contributed by atoms with van der Waals surface area (Å²) in [6, 6.07) is 13.8. The van der Waals surface area contributed by atoms with Gasteiger partial charge in [0.25, 0.3) is 0 Å². The van der Waals surface area contributed by atoms with Gasteiger partial charge in [-0.15, -0.1) is 0 Å². The van der Waals surface area contributed by atoms with Crippen molar-refractivity contribution >= 4 is 22.1 Å². The van der Waals surface area contributed by atoms with Crippen LogP contribution in [0.1, 0.15) is 5.56 Å². The highest BCUT2D eigenvalue weighted by molar-refractivity contribution is 5.94. The Morgan fingerprint density at radius 3 is 2.90 bits per heavy atom. The third kappa shape index (κ3) is 2.29. The van der Waals surface area contributed by atoms with Crippen molar-refractivity contribution in [3.8, 4) is 6.07 Å². The van der Waals surface area contributed by atoms with Gasteiger partial charge in [-0.1, -0.05) is 12.1 Å². The van der Waals surface area contributed by atoms with Crippen LogP contribution in [0.2, 0.25) is 0 Å². The molecule has 3 nitrogen and oxygen atoms in total. The van der Waals surface area contributed by atoms with Gasteiger partial charge in [-0.25, -0.2) is 4.39 Å². The lowest BCUT2D eigenvalue weighted by Crippen LogP contribution is -1.93. The van der Waals surface area contributed by atoms with Gasteiger partial charge < -0.3 is 5.32 Å². The third-order valence-corrected chi connectivity index (χ3v) is 2.99. The Kier molecular flexibility index (Phi) is 3.02. The van der Waals surface area contributed by atoms with Gasteiger partial charge >= 0.3 is 0 Å². The highest BCUT2D eigenvalue weighted by atomic mass is 19.1. The largest absolute Gasteiger partial charge is 0.355 e. The van der Waals surface area contributed by atoms with Gasteiger partial charge in [-0.05, 0) is 30.3 Å². The minimum Gasteiger partial charge on any atom is -0.355 e. The van der Waals surface area contributed by atoms with Crippen molar-refractivity contribution in [3.05, 3.63) is 66.2 Å². The van der Waals surface area contributed by atoms with Crippen LogP contribution in [0.3, 0.4) is 0 Å². The lowest BCUT2D eigenvalue weighted by Gasteiger charge is -2.10. The summed E-state index contributed by atoms with van der Waals surface area (Å²) in [5.41, 5.74) is 1.68. The van der Waals surface area contributed by atoms with Crippen LogP contribution < -0.4 is 5.32 Å². The average molecular weight is 263 g/mol. The molecule has 0 aliphatic carbocycles. The van der Waals surface area contributed by atoms with E-state index in [0.717, 1.165) is 16.5 Å². The molecule has 1 heterocycles. The molecule has 4 heteroatoms. The second kappa shape index (κ2) is 4.98. The summed E-state index contributed by atoms with van der Waals surface area (Å²) in [4.78, 5) is 4.07. The average Bonchev–Trinajstić information content (AvgIpc) is 2.47. The van der Waals surface area contributed by atoms with Crippen molar-refractivity contribution < 1.29 is 4.39 Å².